The topological polar surface area (TPSA) is 63.1 Å². The van der Waals surface area contributed by atoms with E-state index in [-0.39, 0.29) is 0 Å². The van der Waals surface area contributed by atoms with Crippen LogP contribution >= 0.6 is 0 Å². The molecule has 0 saturated carbocycles. The summed E-state index contributed by atoms with van der Waals surface area (Å²) in [6.07, 6.45) is 9.56. The van der Waals surface area contributed by atoms with Crippen LogP contribution in [0, 0.1) is 0 Å². The lowest BCUT2D eigenvalue weighted by Crippen LogP contribution is -2.03. The molecule has 0 amide bonds. The number of hydrogen-bond donors (Lipinski definition) is 1. The van der Waals surface area contributed by atoms with Gasteiger partial charge in [0.05, 0.1) is 5.56 Å². The number of nitrogens with zero attached hydrogens (tertiary/aromatic N) is 2. The quantitative estimate of drug-likeness (QED) is 0.657. The van der Waals surface area contributed by atoms with Gasteiger partial charge in [0.15, 0.2) is 0 Å². The standard InChI is InChI=1S/C24H24N2O2/c27-24(28)20-13-14-25-21(16-20)10-8-19-9-11-22-18(12-15-26-23(19)22)7-6-17-4-2-1-3-5-17/h1-5,12-16,19H,6-11H2,(H,27,28). The van der Waals surface area contributed by atoms with E-state index in [1.165, 1.54) is 28.5 Å². The molecule has 142 valence electrons. The number of aryl methyl sites for hydroxylation is 3. The molecule has 1 atom stereocenters. The van der Waals surface area contributed by atoms with Crippen molar-refractivity contribution in [2.24, 2.45) is 0 Å². The Balaban J connectivity index is 1.43. The SMILES string of the molecule is O=C(O)c1ccnc(CCC2CCc3c(CCc4ccccc4)ccnc32)c1. The molecule has 2 aromatic heterocycles. The van der Waals surface area contributed by atoms with E-state index in [1.54, 1.807) is 12.3 Å². The Hall–Kier alpha value is -3.01. The Kier molecular flexibility index (Phi) is 5.47. The predicted octanol–water partition coefficient (Wildman–Crippen LogP) is 4.62. The van der Waals surface area contributed by atoms with Crippen molar-refractivity contribution in [3.8, 4) is 0 Å². The summed E-state index contributed by atoms with van der Waals surface area (Å²) in [5.41, 5.74) is 6.59. The second kappa shape index (κ2) is 8.34. The number of carboxylic acid groups (broad SMARTS) is 1. The first-order valence-electron chi connectivity index (χ1n) is 9.89. The van der Waals surface area contributed by atoms with Crippen molar-refractivity contribution in [1.82, 2.24) is 9.97 Å². The van der Waals surface area contributed by atoms with E-state index < -0.39 is 5.97 Å². The summed E-state index contributed by atoms with van der Waals surface area (Å²) >= 11 is 0. The minimum atomic E-state index is -0.903. The molecule has 3 aromatic rings. The summed E-state index contributed by atoms with van der Waals surface area (Å²) in [4.78, 5) is 20.2. The minimum Gasteiger partial charge on any atom is -0.478 e. The lowest BCUT2D eigenvalue weighted by atomic mass is 9.97. The second-order valence-electron chi connectivity index (χ2n) is 7.43. The van der Waals surface area contributed by atoms with Crippen LogP contribution in [0.4, 0.5) is 0 Å². The van der Waals surface area contributed by atoms with E-state index in [9.17, 15) is 4.79 Å². The maximum Gasteiger partial charge on any atom is 0.335 e. The molecule has 1 aliphatic carbocycles. The first-order chi connectivity index (χ1) is 13.7. The molecule has 1 aromatic carbocycles. The van der Waals surface area contributed by atoms with Crippen LogP contribution in [0.2, 0.25) is 0 Å². The molecule has 0 bridgehead atoms. The van der Waals surface area contributed by atoms with Gasteiger partial charge < -0.3 is 5.11 Å². The van der Waals surface area contributed by atoms with Gasteiger partial charge in [-0.2, -0.15) is 0 Å². The number of hydrogen-bond acceptors (Lipinski definition) is 3. The van der Waals surface area contributed by atoms with Crippen LogP contribution in [0.25, 0.3) is 0 Å². The maximum atomic E-state index is 11.1. The highest BCUT2D eigenvalue weighted by Gasteiger charge is 2.25. The number of carboxylic acids is 1. The highest BCUT2D eigenvalue weighted by Crippen LogP contribution is 2.36. The summed E-state index contributed by atoms with van der Waals surface area (Å²) < 4.78 is 0. The van der Waals surface area contributed by atoms with E-state index in [2.05, 4.69) is 41.4 Å². The van der Waals surface area contributed by atoms with Gasteiger partial charge in [-0.15, -0.1) is 0 Å². The third-order valence-electron chi connectivity index (χ3n) is 5.65. The Morgan fingerprint density at radius 3 is 2.64 bits per heavy atom. The molecule has 1 aliphatic rings. The van der Waals surface area contributed by atoms with Crippen LogP contribution in [0.3, 0.4) is 0 Å². The number of benzene rings is 1. The molecule has 1 unspecified atom stereocenters. The van der Waals surface area contributed by atoms with Gasteiger partial charge >= 0.3 is 5.97 Å². The maximum absolute atomic E-state index is 11.1. The number of carbonyl (C=O) groups is 1. The summed E-state index contributed by atoms with van der Waals surface area (Å²) in [5.74, 6) is -0.471. The third kappa shape index (κ3) is 4.11. The zero-order valence-electron chi connectivity index (χ0n) is 15.8. The lowest BCUT2D eigenvalue weighted by Gasteiger charge is -2.12. The number of aromatic carboxylic acids is 1. The molecule has 0 fully saturated rings. The molecule has 0 saturated heterocycles. The zero-order valence-corrected chi connectivity index (χ0v) is 15.8. The molecule has 0 aliphatic heterocycles. The average molecular weight is 372 g/mol. The Bertz CT molecular complexity index is 969. The van der Waals surface area contributed by atoms with E-state index >= 15 is 0 Å². The number of pyridine rings is 2. The highest BCUT2D eigenvalue weighted by atomic mass is 16.4. The molecule has 0 radical (unpaired) electrons. The van der Waals surface area contributed by atoms with E-state index in [4.69, 9.17) is 10.1 Å². The molecule has 4 nitrogen and oxygen atoms in total. The van der Waals surface area contributed by atoms with Gasteiger partial charge in [0.1, 0.15) is 0 Å². The first kappa shape index (κ1) is 18.4. The molecule has 2 heterocycles. The Labute approximate surface area is 165 Å². The lowest BCUT2D eigenvalue weighted by molar-refractivity contribution is 0.0696. The Morgan fingerprint density at radius 2 is 1.82 bits per heavy atom. The van der Waals surface area contributed by atoms with Crippen LogP contribution in [-0.2, 0) is 25.7 Å². The fourth-order valence-electron chi connectivity index (χ4n) is 4.16. The number of rotatable bonds is 7. The van der Waals surface area contributed by atoms with Crippen molar-refractivity contribution in [2.75, 3.05) is 0 Å². The summed E-state index contributed by atoms with van der Waals surface area (Å²) in [6.45, 7) is 0. The molecular weight excluding hydrogens is 348 g/mol. The summed E-state index contributed by atoms with van der Waals surface area (Å²) in [7, 11) is 0. The van der Waals surface area contributed by atoms with Crippen LogP contribution in [-0.4, -0.2) is 21.0 Å². The first-order valence-corrected chi connectivity index (χ1v) is 9.89. The van der Waals surface area contributed by atoms with Gasteiger partial charge in [-0.1, -0.05) is 30.3 Å². The monoisotopic (exact) mass is 372 g/mol. The van der Waals surface area contributed by atoms with Crippen molar-refractivity contribution in [1.29, 1.82) is 0 Å². The molecular formula is C24H24N2O2. The van der Waals surface area contributed by atoms with Gasteiger partial charge in [-0.3, -0.25) is 9.97 Å². The Morgan fingerprint density at radius 1 is 1.00 bits per heavy atom. The molecule has 4 rings (SSSR count). The van der Waals surface area contributed by atoms with Crippen molar-refractivity contribution in [3.05, 3.63) is 94.6 Å². The predicted molar refractivity (Wildman–Crippen MR) is 109 cm³/mol. The van der Waals surface area contributed by atoms with Crippen molar-refractivity contribution >= 4 is 5.97 Å². The van der Waals surface area contributed by atoms with Gasteiger partial charge in [0.25, 0.3) is 0 Å². The molecule has 0 spiro atoms. The van der Waals surface area contributed by atoms with Crippen molar-refractivity contribution < 1.29 is 9.90 Å². The highest BCUT2D eigenvalue weighted by molar-refractivity contribution is 5.87. The van der Waals surface area contributed by atoms with E-state index in [0.29, 0.717) is 11.5 Å². The molecule has 1 N–H and O–H groups in total. The third-order valence-corrected chi connectivity index (χ3v) is 5.65. The zero-order chi connectivity index (χ0) is 19.3. The van der Waals surface area contributed by atoms with Gasteiger partial charge in [0, 0.05) is 29.7 Å². The number of fused-ring (bicyclic) bond motifs is 1. The molecule has 28 heavy (non-hydrogen) atoms. The van der Waals surface area contributed by atoms with Crippen LogP contribution in [0.1, 0.15) is 57.2 Å². The van der Waals surface area contributed by atoms with Gasteiger partial charge in [-0.25, -0.2) is 4.79 Å². The van der Waals surface area contributed by atoms with Gasteiger partial charge in [0.2, 0.25) is 0 Å². The smallest absolute Gasteiger partial charge is 0.335 e. The fraction of sp³-hybridized carbons (Fsp3) is 0.292. The normalized spacial score (nSPS) is 15.4. The van der Waals surface area contributed by atoms with Crippen LogP contribution < -0.4 is 0 Å². The van der Waals surface area contributed by atoms with E-state index in [1.807, 2.05) is 6.20 Å². The van der Waals surface area contributed by atoms with Crippen molar-refractivity contribution in [3.63, 3.8) is 0 Å². The average Bonchev–Trinajstić information content (AvgIpc) is 3.15. The number of aromatic nitrogens is 2. The largest absolute Gasteiger partial charge is 0.478 e. The van der Waals surface area contributed by atoms with Crippen LogP contribution in [0.5, 0.6) is 0 Å². The van der Waals surface area contributed by atoms with Crippen LogP contribution in [0.15, 0.2) is 60.9 Å². The second-order valence-corrected chi connectivity index (χ2v) is 7.43. The van der Waals surface area contributed by atoms with Gasteiger partial charge in [-0.05, 0) is 73.4 Å². The van der Waals surface area contributed by atoms with E-state index in [0.717, 1.165) is 44.2 Å². The minimum absolute atomic E-state index is 0.304. The molecule has 4 heteroatoms. The fourth-order valence-corrected chi connectivity index (χ4v) is 4.16. The van der Waals surface area contributed by atoms with Crippen molar-refractivity contribution in [2.45, 2.75) is 44.4 Å². The summed E-state index contributed by atoms with van der Waals surface area (Å²) in [6, 6.07) is 16.0. The summed E-state index contributed by atoms with van der Waals surface area (Å²) in [5, 5.41) is 9.14.